The quantitative estimate of drug-likeness (QED) is 0.445. The van der Waals surface area contributed by atoms with E-state index >= 15 is 0 Å². The van der Waals surface area contributed by atoms with Crippen molar-refractivity contribution >= 4 is 29.2 Å². The summed E-state index contributed by atoms with van der Waals surface area (Å²) in [4.78, 5) is 30.4. The number of aliphatic hydroxyl groups is 4. The normalized spacial score (nSPS) is 34.5. The molecule has 7 atom stereocenters. The maximum Gasteiger partial charge on any atom is 0.309 e. The van der Waals surface area contributed by atoms with Gasteiger partial charge in [-0.15, -0.1) is 11.3 Å². The van der Waals surface area contributed by atoms with Gasteiger partial charge in [0.15, 0.2) is 0 Å². The van der Waals surface area contributed by atoms with E-state index < -0.39 is 54.2 Å². The largest absolute Gasteiger partial charge is 0.458 e. The van der Waals surface area contributed by atoms with E-state index in [1.54, 1.807) is 33.8 Å². The lowest BCUT2D eigenvalue weighted by Crippen LogP contribution is -2.46. The van der Waals surface area contributed by atoms with Crippen molar-refractivity contribution in [2.24, 2.45) is 17.3 Å². The molecule has 1 fully saturated rings. The Balaban J connectivity index is 2.33. The second-order valence-electron chi connectivity index (χ2n) is 10.5. The minimum atomic E-state index is -1.32. The number of rotatable bonds is 2. The van der Waals surface area contributed by atoms with Crippen LogP contribution in [0.3, 0.4) is 0 Å². The topological polar surface area (TPSA) is 137 Å². The van der Waals surface area contributed by atoms with Crippen molar-refractivity contribution in [1.82, 2.24) is 4.98 Å². The number of cyclic esters (lactones) is 1. The molecule has 0 aromatic carbocycles. The molecule has 1 aromatic rings. The van der Waals surface area contributed by atoms with Crippen LogP contribution in [0, 0.1) is 24.2 Å². The first-order chi connectivity index (χ1) is 16.2. The van der Waals surface area contributed by atoms with Gasteiger partial charge in [-0.1, -0.05) is 34.1 Å². The fourth-order valence-electron chi connectivity index (χ4n) is 4.51. The Morgan fingerprint density at radius 2 is 1.80 bits per heavy atom. The number of hydrogen-bond donors (Lipinski definition) is 4. The van der Waals surface area contributed by atoms with Crippen LogP contribution in [-0.2, 0) is 14.3 Å². The number of aryl methyl sites for hydroxylation is 1. The van der Waals surface area contributed by atoms with Crippen molar-refractivity contribution in [2.75, 3.05) is 0 Å². The summed E-state index contributed by atoms with van der Waals surface area (Å²) in [5.41, 5.74) is 0.0764. The molecule has 1 aliphatic rings. The van der Waals surface area contributed by atoms with Crippen LogP contribution in [0.2, 0.25) is 0 Å². The zero-order chi connectivity index (χ0) is 26.5. The number of Topliss-reactive ketones (excluding diaryl/α,β-unsaturated/α-hetero) is 1. The molecule has 9 heteroatoms. The first-order valence-corrected chi connectivity index (χ1v) is 13.2. The Hall–Kier alpha value is -1.65. The van der Waals surface area contributed by atoms with E-state index in [2.05, 4.69) is 4.98 Å². The van der Waals surface area contributed by atoms with Crippen LogP contribution in [0.1, 0.15) is 77.4 Å². The summed E-state index contributed by atoms with van der Waals surface area (Å²) in [6.07, 6.45) is -2.52. The van der Waals surface area contributed by atoms with Crippen molar-refractivity contribution in [3.05, 3.63) is 21.7 Å². The molecule has 2 heterocycles. The summed E-state index contributed by atoms with van der Waals surface area (Å²) in [7, 11) is 0. The molecule has 35 heavy (non-hydrogen) atoms. The molecule has 0 bridgehead atoms. The molecular weight excluding hydrogens is 470 g/mol. The van der Waals surface area contributed by atoms with E-state index in [1.165, 1.54) is 11.3 Å². The summed E-state index contributed by atoms with van der Waals surface area (Å²) in [5.74, 6) is -2.01. The average Bonchev–Trinajstić information content (AvgIpc) is 3.20. The van der Waals surface area contributed by atoms with Crippen molar-refractivity contribution < 1.29 is 34.8 Å². The van der Waals surface area contributed by atoms with Crippen LogP contribution in [-0.4, -0.2) is 67.7 Å². The molecule has 4 N–H and O–H groups in total. The lowest BCUT2D eigenvalue weighted by Gasteiger charge is -2.35. The predicted octanol–water partition coefficient (Wildman–Crippen LogP) is 3.04. The second kappa shape index (κ2) is 12.5. The van der Waals surface area contributed by atoms with E-state index in [0.717, 1.165) is 5.01 Å². The molecule has 0 saturated carbocycles. The number of carbonyl (C=O) groups excluding carboxylic acids is 2. The van der Waals surface area contributed by atoms with E-state index in [9.17, 15) is 30.0 Å². The molecule has 1 saturated heterocycles. The number of aromatic nitrogens is 1. The van der Waals surface area contributed by atoms with Crippen LogP contribution in [0.4, 0.5) is 0 Å². The van der Waals surface area contributed by atoms with Crippen LogP contribution < -0.4 is 0 Å². The number of ether oxygens (including phenoxy) is 1. The van der Waals surface area contributed by atoms with Crippen LogP contribution in [0.15, 0.2) is 11.0 Å². The number of carbonyl (C=O) groups is 2. The smallest absolute Gasteiger partial charge is 0.309 e. The number of hydrogen-bond acceptors (Lipinski definition) is 9. The highest BCUT2D eigenvalue weighted by Crippen LogP contribution is 2.32. The molecule has 1 aliphatic heterocycles. The Labute approximate surface area is 212 Å². The van der Waals surface area contributed by atoms with Gasteiger partial charge in [0.1, 0.15) is 11.9 Å². The van der Waals surface area contributed by atoms with Gasteiger partial charge in [0.25, 0.3) is 0 Å². The SMILES string of the molecule is C/C(=C\c1csc(C)n1)[C@@H]1CC(O)C(O)CCC[C@H](C)[C@H](O)[C@@H](C)C(=O)C(C)(C)[C@@H](O)CC(=O)O1. The molecule has 0 amide bonds. The summed E-state index contributed by atoms with van der Waals surface area (Å²) >= 11 is 1.49. The molecule has 2 unspecified atom stereocenters. The van der Waals surface area contributed by atoms with Crippen LogP contribution in [0.25, 0.3) is 6.08 Å². The fraction of sp³-hybridized carbons (Fsp3) is 0.731. The van der Waals surface area contributed by atoms with E-state index in [0.29, 0.717) is 30.5 Å². The van der Waals surface area contributed by atoms with Gasteiger partial charge in [-0.2, -0.15) is 0 Å². The van der Waals surface area contributed by atoms with Gasteiger partial charge in [-0.3, -0.25) is 9.59 Å². The summed E-state index contributed by atoms with van der Waals surface area (Å²) in [5, 5.41) is 45.5. The number of esters is 1. The zero-order valence-corrected chi connectivity index (χ0v) is 22.4. The van der Waals surface area contributed by atoms with Gasteiger partial charge in [-0.05, 0) is 44.3 Å². The molecule has 0 aliphatic carbocycles. The van der Waals surface area contributed by atoms with Gasteiger partial charge < -0.3 is 25.2 Å². The molecule has 1 aromatic heterocycles. The van der Waals surface area contributed by atoms with E-state index in [1.807, 2.05) is 19.2 Å². The van der Waals surface area contributed by atoms with E-state index in [4.69, 9.17) is 4.74 Å². The van der Waals surface area contributed by atoms with Crippen LogP contribution in [0.5, 0.6) is 0 Å². The monoisotopic (exact) mass is 511 g/mol. The first kappa shape index (κ1) is 29.6. The number of thiazole rings is 1. The highest BCUT2D eigenvalue weighted by atomic mass is 32.1. The summed E-state index contributed by atoms with van der Waals surface area (Å²) < 4.78 is 5.65. The standard InChI is InChI=1S/C26H41NO7S/c1-14-8-7-9-19(28)20(29)11-21(15(2)10-18-13-35-17(4)27-18)34-23(31)12-22(30)26(5,6)25(33)16(3)24(14)32/h10,13-14,16,19-22,24,28-30,32H,7-9,11-12H2,1-6H3/b15-10+/t14-,16+,19?,20?,21-,22-,24-/m0/s1. The average molecular weight is 512 g/mol. The zero-order valence-electron chi connectivity index (χ0n) is 21.6. The molecule has 0 radical (unpaired) electrons. The van der Waals surface area contributed by atoms with Crippen LogP contribution >= 0.6 is 11.3 Å². The Kier molecular flexibility index (Phi) is 10.6. The summed E-state index contributed by atoms with van der Waals surface area (Å²) in [6.45, 7) is 10.2. The minimum absolute atomic E-state index is 0.0218. The number of nitrogens with zero attached hydrogens (tertiary/aromatic N) is 1. The molecule has 0 spiro atoms. The summed E-state index contributed by atoms with van der Waals surface area (Å²) in [6, 6.07) is 0. The van der Waals surface area contributed by atoms with Gasteiger partial charge in [-0.25, -0.2) is 4.98 Å². The third-order valence-electron chi connectivity index (χ3n) is 7.19. The first-order valence-electron chi connectivity index (χ1n) is 12.3. The molecule has 2 rings (SSSR count). The molecular formula is C26H41NO7S. The van der Waals surface area contributed by atoms with E-state index in [-0.39, 0.29) is 18.1 Å². The third kappa shape index (κ3) is 7.92. The van der Waals surface area contributed by atoms with Gasteiger partial charge in [0.2, 0.25) is 0 Å². The third-order valence-corrected chi connectivity index (χ3v) is 7.98. The second-order valence-corrected chi connectivity index (χ2v) is 11.6. The highest BCUT2D eigenvalue weighted by molar-refractivity contribution is 7.09. The maximum absolute atomic E-state index is 13.1. The van der Waals surface area contributed by atoms with Gasteiger partial charge in [0.05, 0.1) is 47.0 Å². The fourth-order valence-corrected chi connectivity index (χ4v) is 5.08. The predicted molar refractivity (Wildman–Crippen MR) is 135 cm³/mol. The Morgan fingerprint density at radius 1 is 1.14 bits per heavy atom. The number of aliphatic hydroxyl groups excluding tert-OH is 4. The van der Waals surface area contributed by atoms with Gasteiger partial charge >= 0.3 is 5.97 Å². The Bertz CT molecular complexity index is 896. The lowest BCUT2D eigenvalue weighted by molar-refractivity contribution is -0.156. The Morgan fingerprint density at radius 3 is 2.40 bits per heavy atom. The van der Waals surface area contributed by atoms with Crippen molar-refractivity contribution in [1.29, 1.82) is 0 Å². The van der Waals surface area contributed by atoms with Crippen molar-refractivity contribution in [3.8, 4) is 0 Å². The van der Waals surface area contributed by atoms with Crippen molar-refractivity contribution in [3.63, 3.8) is 0 Å². The van der Waals surface area contributed by atoms with Gasteiger partial charge in [0, 0.05) is 17.7 Å². The minimum Gasteiger partial charge on any atom is -0.458 e. The highest BCUT2D eigenvalue weighted by Gasteiger charge is 2.42. The molecule has 8 nitrogen and oxygen atoms in total. The van der Waals surface area contributed by atoms with Crippen molar-refractivity contribution in [2.45, 2.75) is 104 Å². The maximum atomic E-state index is 13.1. The lowest BCUT2D eigenvalue weighted by atomic mass is 9.73. The number of ketones is 1. The molecule has 198 valence electrons.